The quantitative estimate of drug-likeness (QED) is 0.884. The van der Waals surface area contributed by atoms with Gasteiger partial charge in [-0.2, -0.15) is 0 Å². The van der Waals surface area contributed by atoms with E-state index in [4.69, 9.17) is 17.3 Å². The molecule has 0 heterocycles. The van der Waals surface area contributed by atoms with Crippen molar-refractivity contribution in [1.29, 1.82) is 0 Å². The minimum Gasteiger partial charge on any atom is -0.392 e. The Bertz CT molecular complexity index is 449. The first-order valence-corrected chi connectivity index (χ1v) is 6.58. The molecule has 3 N–H and O–H groups in total. The highest BCUT2D eigenvalue weighted by atomic mass is 35.5. The Morgan fingerprint density at radius 3 is 2.67 bits per heavy atom. The van der Waals surface area contributed by atoms with Crippen molar-refractivity contribution in [2.24, 2.45) is 17.1 Å². The molecule has 3 atom stereocenters. The maximum Gasteiger partial charge on any atom is 0.145 e. The van der Waals surface area contributed by atoms with Crippen molar-refractivity contribution >= 4 is 11.6 Å². The fraction of sp³-hybridized carbons (Fsp3) is 0.571. The predicted molar refractivity (Wildman–Crippen MR) is 71.1 cm³/mol. The summed E-state index contributed by atoms with van der Waals surface area (Å²) in [5, 5.41) is 10.4. The second-order valence-electron chi connectivity index (χ2n) is 5.78. The second-order valence-corrected chi connectivity index (χ2v) is 6.18. The number of rotatable bonds is 4. The summed E-state index contributed by atoms with van der Waals surface area (Å²) in [5.41, 5.74) is 6.25. The zero-order valence-electron chi connectivity index (χ0n) is 10.7. The number of hydrogen-bond acceptors (Lipinski definition) is 2. The third-order valence-corrected chi connectivity index (χ3v) is 4.34. The maximum atomic E-state index is 14.0. The van der Waals surface area contributed by atoms with E-state index in [9.17, 15) is 9.50 Å². The molecule has 0 spiro atoms. The fourth-order valence-corrected chi connectivity index (χ4v) is 2.81. The highest BCUT2D eigenvalue weighted by Gasteiger charge is 2.51. The van der Waals surface area contributed by atoms with Crippen molar-refractivity contribution in [3.05, 3.63) is 34.6 Å². The summed E-state index contributed by atoms with van der Waals surface area (Å²) < 4.78 is 14.0. The van der Waals surface area contributed by atoms with Crippen molar-refractivity contribution in [1.82, 2.24) is 0 Å². The molecule has 0 saturated heterocycles. The summed E-state index contributed by atoms with van der Waals surface area (Å²) in [4.78, 5) is 0. The average Bonchev–Trinajstić information content (AvgIpc) is 2.94. The third-order valence-electron chi connectivity index (χ3n) is 4.05. The number of benzene rings is 1. The lowest BCUT2D eigenvalue weighted by Crippen LogP contribution is -2.29. The van der Waals surface area contributed by atoms with Crippen LogP contribution in [0, 0.1) is 17.2 Å². The Balaban J connectivity index is 2.26. The normalized spacial score (nSPS) is 24.7. The van der Waals surface area contributed by atoms with E-state index in [1.165, 1.54) is 6.07 Å². The zero-order chi connectivity index (χ0) is 13.5. The van der Waals surface area contributed by atoms with Gasteiger partial charge in [-0.3, -0.25) is 0 Å². The molecule has 1 aromatic rings. The summed E-state index contributed by atoms with van der Waals surface area (Å²) in [7, 11) is 0. The number of halogens is 2. The Morgan fingerprint density at radius 1 is 1.56 bits per heavy atom. The van der Waals surface area contributed by atoms with Crippen LogP contribution in [0.2, 0.25) is 5.02 Å². The largest absolute Gasteiger partial charge is 0.392 e. The monoisotopic (exact) mass is 271 g/mol. The molecule has 0 bridgehead atoms. The predicted octanol–water partition coefficient (Wildman–Crippen LogP) is 2.93. The van der Waals surface area contributed by atoms with Gasteiger partial charge in [0.2, 0.25) is 0 Å². The van der Waals surface area contributed by atoms with Crippen molar-refractivity contribution in [3.8, 4) is 0 Å². The first kappa shape index (κ1) is 13.8. The van der Waals surface area contributed by atoms with Gasteiger partial charge in [-0.25, -0.2) is 4.39 Å². The molecule has 4 heteroatoms. The molecule has 0 radical (unpaired) electrons. The summed E-state index contributed by atoms with van der Waals surface area (Å²) in [6.07, 6.45) is 0.338. The van der Waals surface area contributed by atoms with Crippen LogP contribution in [-0.2, 0) is 0 Å². The van der Waals surface area contributed by atoms with E-state index in [1.807, 2.05) is 0 Å². The molecule has 1 aliphatic rings. The third kappa shape index (κ3) is 2.40. The SMILES string of the molecule is CC1(C)CC1C(O)C(CN)c1cccc(Cl)c1F. The van der Waals surface area contributed by atoms with Crippen LogP contribution in [0.5, 0.6) is 0 Å². The molecule has 1 saturated carbocycles. The maximum absolute atomic E-state index is 14.0. The second kappa shape index (κ2) is 4.80. The average molecular weight is 272 g/mol. The molecule has 0 amide bonds. The van der Waals surface area contributed by atoms with Crippen LogP contribution in [0.4, 0.5) is 4.39 Å². The highest BCUT2D eigenvalue weighted by Crippen LogP contribution is 2.55. The lowest BCUT2D eigenvalue weighted by molar-refractivity contribution is 0.108. The molecule has 1 fully saturated rings. The minimum absolute atomic E-state index is 0.0770. The molecule has 2 rings (SSSR count). The lowest BCUT2D eigenvalue weighted by Gasteiger charge is -2.24. The Morgan fingerprint density at radius 2 is 2.17 bits per heavy atom. The molecule has 18 heavy (non-hydrogen) atoms. The minimum atomic E-state index is -0.613. The molecular formula is C14H19ClFNO. The molecular weight excluding hydrogens is 253 g/mol. The van der Waals surface area contributed by atoms with Gasteiger partial charge >= 0.3 is 0 Å². The zero-order valence-corrected chi connectivity index (χ0v) is 11.4. The Hall–Kier alpha value is -0.640. The highest BCUT2D eigenvalue weighted by molar-refractivity contribution is 6.30. The smallest absolute Gasteiger partial charge is 0.145 e. The lowest BCUT2D eigenvalue weighted by atomic mass is 9.88. The summed E-state index contributed by atoms with van der Waals surface area (Å²) in [5.74, 6) is -0.674. The van der Waals surface area contributed by atoms with Gasteiger partial charge in [-0.1, -0.05) is 37.6 Å². The van der Waals surface area contributed by atoms with Crippen LogP contribution in [0.3, 0.4) is 0 Å². The molecule has 0 aromatic heterocycles. The molecule has 0 aliphatic heterocycles. The van der Waals surface area contributed by atoms with Crippen LogP contribution in [-0.4, -0.2) is 17.8 Å². The van der Waals surface area contributed by atoms with E-state index < -0.39 is 17.8 Å². The summed E-state index contributed by atoms with van der Waals surface area (Å²) in [6, 6.07) is 4.84. The van der Waals surface area contributed by atoms with Gasteiger partial charge in [0, 0.05) is 12.5 Å². The standard InChI is InChI=1S/C14H19ClFNO/c1-14(2)6-10(14)13(18)9(7-17)8-4-3-5-11(15)12(8)16/h3-5,9-10,13,18H,6-7,17H2,1-2H3. The molecule has 1 aromatic carbocycles. The van der Waals surface area contributed by atoms with Crippen LogP contribution in [0.25, 0.3) is 0 Å². The van der Waals surface area contributed by atoms with E-state index in [0.29, 0.717) is 5.56 Å². The molecule has 100 valence electrons. The number of hydrogen-bond donors (Lipinski definition) is 2. The van der Waals surface area contributed by atoms with E-state index in [1.54, 1.807) is 12.1 Å². The van der Waals surface area contributed by atoms with Gasteiger partial charge in [0.05, 0.1) is 11.1 Å². The van der Waals surface area contributed by atoms with Gasteiger partial charge in [-0.05, 0) is 29.4 Å². The van der Waals surface area contributed by atoms with Gasteiger partial charge in [0.25, 0.3) is 0 Å². The Kier molecular flexibility index (Phi) is 3.67. The van der Waals surface area contributed by atoms with E-state index in [-0.39, 0.29) is 22.9 Å². The molecule has 3 unspecified atom stereocenters. The van der Waals surface area contributed by atoms with Gasteiger partial charge < -0.3 is 10.8 Å². The van der Waals surface area contributed by atoms with E-state index in [0.717, 1.165) is 6.42 Å². The summed E-state index contributed by atoms with van der Waals surface area (Å²) >= 11 is 5.77. The van der Waals surface area contributed by atoms with Crippen LogP contribution < -0.4 is 5.73 Å². The summed E-state index contributed by atoms with van der Waals surface area (Å²) in [6.45, 7) is 4.41. The number of aliphatic hydroxyl groups excluding tert-OH is 1. The van der Waals surface area contributed by atoms with Gasteiger partial charge in [0.1, 0.15) is 5.82 Å². The van der Waals surface area contributed by atoms with Crippen molar-refractivity contribution in [3.63, 3.8) is 0 Å². The van der Waals surface area contributed by atoms with E-state index in [2.05, 4.69) is 13.8 Å². The molecule has 1 aliphatic carbocycles. The van der Waals surface area contributed by atoms with Crippen molar-refractivity contribution in [2.75, 3.05) is 6.54 Å². The van der Waals surface area contributed by atoms with E-state index >= 15 is 0 Å². The first-order chi connectivity index (χ1) is 8.38. The van der Waals surface area contributed by atoms with Gasteiger partial charge in [-0.15, -0.1) is 0 Å². The van der Waals surface area contributed by atoms with Crippen LogP contribution in [0.1, 0.15) is 31.7 Å². The van der Waals surface area contributed by atoms with Crippen molar-refractivity contribution in [2.45, 2.75) is 32.3 Å². The number of aliphatic hydroxyl groups is 1. The Labute approximate surface area is 112 Å². The topological polar surface area (TPSA) is 46.2 Å². The van der Waals surface area contributed by atoms with Crippen LogP contribution >= 0.6 is 11.6 Å². The van der Waals surface area contributed by atoms with Gasteiger partial charge in [0.15, 0.2) is 0 Å². The number of nitrogens with two attached hydrogens (primary N) is 1. The molecule has 2 nitrogen and oxygen atoms in total. The van der Waals surface area contributed by atoms with Crippen LogP contribution in [0.15, 0.2) is 18.2 Å². The first-order valence-electron chi connectivity index (χ1n) is 6.20. The van der Waals surface area contributed by atoms with Crippen molar-refractivity contribution < 1.29 is 9.50 Å². The fourth-order valence-electron chi connectivity index (χ4n) is 2.63.